The van der Waals surface area contributed by atoms with Crippen LogP contribution in [0.4, 0.5) is 0 Å². The fraction of sp³-hybridized carbons (Fsp3) is 0. The first kappa shape index (κ1) is 9.14. The topological polar surface area (TPSA) is 42.9 Å². The molecule has 2 aromatic heterocycles. The maximum atomic E-state index is 11.8. The summed E-state index contributed by atoms with van der Waals surface area (Å²) in [6, 6.07) is 0. The molecule has 0 amide bonds. The fourth-order valence-corrected chi connectivity index (χ4v) is 4.35. The van der Waals surface area contributed by atoms with E-state index in [2.05, 4.69) is 41.8 Å². The minimum Gasteiger partial charge on any atom is -0.285 e. The first-order chi connectivity index (χ1) is 6.66. The van der Waals surface area contributed by atoms with Gasteiger partial charge in [0.2, 0.25) is 5.78 Å². The highest BCUT2D eigenvalue weighted by Crippen LogP contribution is 2.45. The second kappa shape index (κ2) is 2.94. The third-order valence-corrected chi connectivity index (χ3v) is 5.02. The summed E-state index contributed by atoms with van der Waals surface area (Å²) in [6.45, 7) is 0. The average Bonchev–Trinajstić information content (AvgIpc) is 2.71. The zero-order chi connectivity index (χ0) is 9.87. The van der Waals surface area contributed by atoms with Gasteiger partial charge < -0.3 is 0 Å². The van der Waals surface area contributed by atoms with Crippen molar-refractivity contribution in [2.45, 2.75) is 0 Å². The quantitative estimate of drug-likeness (QED) is 0.623. The molecule has 2 heterocycles. The molecule has 14 heavy (non-hydrogen) atoms. The van der Waals surface area contributed by atoms with Crippen LogP contribution in [0.25, 0.3) is 9.75 Å². The molecular weight excluding hydrogens is 352 g/mol. The number of rotatable bonds is 0. The zero-order valence-corrected chi connectivity index (χ0v) is 11.2. The number of hydrogen-bond donors (Lipinski definition) is 0. The SMILES string of the molecule is O=C1c2nc(Br)sc2-c2sc(Br)nc21. The van der Waals surface area contributed by atoms with Crippen molar-refractivity contribution >= 4 is 60.3 Å². The van der Waals surface area contributed by atoms with E-state index < -0.39 is 0 Å². The Labute approximate surface area is 103 Å². The number of carbonyl (C=O) groups is 1. The molecule has 0 saturated heterocycles. The van der Waals surface area contributed by atoms with Gasteiger partial charge in [-0.15, -0.1) is 22.7 Å². The van der Waals surface area contributed by atoms with Crippen molar-refractivity contribution in [1.82, 2.24) is 9.97 Å². The standard InChI is InChI=1S/C7Br2N2OS2/c8-6-10-1-3(12)2-5(4(1)13-6)14-7(9)11-2. The van der Waals surface area contributed by atoms with Crippen molar-refractivity contribution in [2.75, 3.05) is 0 Å². The van der Waals surface area contributed by atoms with E-state index in [9.17, 15) is 4.79 Å². The number of carbonyl (C=O) groups excluding carboxylic acids is 1. The number of fused-ring (bicyclic) bond motifs is 3. The van der Waals surface area contributed by atoms with Crippen molar-refractivity contribution in [3.05, 3.63) is 19.2 Å². The molecule has 7 heteroatoms. The molecule has 3 nitrogen and oxygen atoms in total. The third kappa shape index (κ3) is 1.09. The van der Waals surface area contributed by atoms with E-state index in [-0.39, 0.29) is 5.78 Å². The lowest BCUT2D eigenvalue weighted by Gasteiger charge is -1.83. The van der Waals surface area contributed by atoms with E-state index in [1.54, 1.807) is 0 Å². The summed E-state index contributed by atoms with van der Waals surface area (Å²) in [4.78, 5) is 21.9. The Morgan fingerprint density at radius 2 is 1.36 bits per heavy atom. The molecule has 1 aliphatic carbocycles. The smallest absolute Gasteiger partial charge is 0.232 e. The van der Waals surface area contributed by atoms with E-state index in [1.807, 2.05) is 0 Å². The van der Waals surface area contributed by atoms with E-state index in [1.165, 1.54) is 22.7 Å². The number of halogens is 2. The van der Waals surface area contributed by atoms with Gasteiger partial charge in [0.15, 0.2) is 7.83 Å². The van der Waals surface area contributed by atoms with E-state index in [0.29, 0.717) is 11.4 Å². The van der Waals surface area contributed by atoms with E-state index in [0.717, 1.165) is 17.6 Å². The lowest BCUT2D eigenvalue weighted by Crippen LogP contribution is -1.97. The van der Waals surface area contributed by atoms with Gasteiger partial charge in [-0.3, -0.25) is 4.79 Å². The van der Waals surface area contributed by atoms with Crippen molar-refractivity contribution in [3.8, 4) is 9.75 Å². The molecule has 0 spiro atoms. The lowest BCUT2D eigenvalue weighted by atomic mass is 10.3. The average molecular weight is 352 g/mol. The number of nitrogens with zero attached hydrogens (tertiary/aromatic N) is 2. The third-order valence-electron chi connectivity index (χ3n) is 1.84. The highest BCUT2D eigenvalue weighted by Gasteiger charge is 2.34. The summed E-state index contributed by atoms with van der Waals surface area (Å²) >= 11 is 9.48. The predicted octanol–water partition coefficient (Wildman–Crippen LogP) is 3.34. The first-order valence-electron chi connectivity index (χ1n) is 3.54. The Bertz CT molecular complexity index is 512. The number of aromatic nitrogens is 2. The maximum absolute atomic E-state index is 11.8. The fourth-order valence-electron chi connectivity index (χ4n) is 1.32. The Balaban J connectivity index is 2.37. The molecule has 0 fully saturated rings. The van der Waals surface area contributed by atoms with Gasteiger partial charge >= 0.3 is 0 Å². The number of ketones is 1. The first-order valence-corrected chi connectivity index (χ1v) is 6.76. The predicted molar refractivity (Wildman–Crippen MR) is 62.1 cm³/mol. The molecule has 0 unspecified atom stereocenters. The molecule has 0 atom stereocenters. The molecule has 70 valence electrons. The van der Waals surface area contributed by atoms with E-state index >= 15 is 0 Å². The molecule has 0 radical (unpaired) electrons. The zero-order valence-electron chi connectivity index (χ0n) is 6.38. The van der Waals surface area contributed by atoms with Gasteiger partial charge in [0.25, 0.3) is 0 Å². The van der Waals surface area contributed by atoms with Gasteiger partial charge in [-0.2, -0.15) is 0 Å². The highest BCUT2D eigenvalue weighted by atomic mass is 79.9. The highest BCUT2D eigenvalue weighted by molar-refractivity contribution is 9.11. The summed E-state index contributed by atoms with van der Waals surface area (Å²) in [5, 5.41) is 0. The Kier molecular flexibility index (Phi) is 1.92. The Morgan fingerprint density at radius 1 is 0.929 bits per heavy atom. The van der Waals surface area contributed by atoms with Crippen LogP contribution in [0.15, 0.2) is 7.83 Å². The Morgan fingerprint density at radius 3 is 1.79 bits per heavy atom. The van der Waals surface area contributed by atoms with Crippen LogP contribution < -0.4 is 0 Å². The number of thiazole rings is 2. The largest absolute Gasteiger partial charge is 0.285 e. The summed E-state index contributed by atoms with van der Waals surface area (Å²) in [6.07, 6.45) is 0. The minimum absolute atomic E-state index is 0.0705. The van der Waals surface area contributed by atoms with E-state index in [4.69, 9.17) is 0 Å². The molecule has 1 aliphatic rings. The number of hydrogen-bond acceptors (Lipinski definition) is 5. The van der Waals surface area contributed by atoms with Crippen LogP contribution in [-0.2, 0) is 0 Å². The van der Waals surface area contributed by atoms with Gasteiger partial charge in [-0.1, -0.05) is 0 Å². The molecule has 0 aromatic carbocycles. The normalized spacial score (nSPS) is 13.1. The van der Waals surface area contributed by atoms with Gasteiger partial charge in [0.1, 0.15) is 11.4 Å². The molecule has 0 aliphatic heterocycles. The van der Waals surface area contributed by atoms with Crippen molar-refractivity contribution in [3.63, 3.8) is 0 Å². The van der Waals surface area contributed by atoms with Gasteiger partial charge in [-0.05, 0) is 31.9 Å². The lowest BCUT2D eigenvalue weighted by molar-refractivity contribution is 0.103. The second-order valence-corrected chi connectivity index (χ2v) is 7.17. The van der Waals surface area contributed by atoms with Crippen LogP contribution in [0, 0.1) is 0 Å². The molecule has 2 aromatic rings. The van der Waals surface area contributed by atoms with Crippen LogP contribution in [0.1, 0.15) is 16.2 Å². The van der Waals surface area contributed by atoms with Crippen molar-refractivity contribution in [2.24, 2.45) is 0 Å². The molecular formula is C7Br2N2OS2. The second-order valence-electron chi connectivity index (χ2n) is 2.62. The van der Waals surface area contributed by atoms with Gasteiger partial charge in [0, 0.05) is 0 Å². The van der Waals surface area contributed by atoms with Crippen LogP contribution in [0.2, 0.25) is 0 Å². The van der Waals surface area contributed by atoms with Crippen LogP contribution in [-0.4, -0.2) is 15.8 Å². The summed E-state index contributed by atoms with van der Waals surface area (Å²) in [5.41, 5.74) is 1.06. The summed E-state index contributed by atoms with van der Waals surface area (Å²) in [5.74, 6) is -0.0705. The van der Waals surface area contributed by atoms with Crippen molar-refractivity contribution in [1.29, 1.82) is 0 Å². The summed E-state index contributed by atoms with van der Waals surface area (Å²) in [7, 11) is 0. The van der Waals surface area contributed by atoms with Crippen LogP contribution in [0.3, 0.4) is 0 Å². The molecule has 0 N–H and O–H groups in total. The molecule has 3 rings (SSSR count). The van der Waals surface area contributed by atoms with Gasteiger partial charge in [0.05, 0.1) is 9.75 Å². The maximum Gasteiger partial charge on any atom is 0.232 e. The van der Waals surface area contributed by atoms with Crippen LogP contribution >= 0.6 is 54.5 Å². The molecule has 0 bridgehead atoms. The monoisotopic (exact) mass is 350 g/mol. The molecule has 0 saturated carbocycles. The minimum atomic E-state index is -0.0705. The van der Waals surface area contributed by atoms with Crippen molar-refractivity contribution < 1.29 is 4.79 Å². The van der Waals surface area contributed by atoms with Crippen LogP contribution in [0.5, 0.6) is 0 Å². The van der Waals surface area contributed by atoms with Gasteiger partial charge in [-0.25, -0.2) is 9.97 Å². The summed E-state index contributed by atoms with van der Waals surface area (Å²) < 4.78 is 1.48. The Hall–Kier alpha value is -0.110.